The van der Waals surface area contributed by atoms with Gasteiger partial charge >= 0.3 is 0 Å². The first-order valence-corrected chi connectivity index (χ1v) is 8.77. The second-order valence-corrected chi connectivity index (χ2v) is 7.38. The number of nitrogens with one attached hydrogen (secondary N) is 2. The molecule has 0 bridgehead atoms. The molecule has 1 aromatic rings. The topological polar surface area (TPSA) is 45.7 Å². The van der Waals surface area contributed by atoms with Gasteiger partial charge in [0.25, 0.3) is 0 Å². The van der Waals surface area contributed by atoms with Gasteiger partial charge in [0, 0.05) is 24.9 Å². The third kappa shape index (κ3) is 8.15. The van der Waals surface area contributed by atoms with Gasteiger partial charge in [-0.1, -0.05) is 12.1 Å². The molecule has 0 aliphatic heterocycles. The fourth-order valence-corrected chi connectivity index (χ4v) is 2.15. The highest BCUT2D eigenvalue weighted by Crippen LogP contribution is 2.20. The minimum atomic E-state index is 0. The average Bonchev–Trinajstić information content (AvgIpc) is 2.52. The van der Waals surface area contributed by atoms with Crippen LogP contribution in [-0.4, -0.2) is 44.2 Å². The van der Waals surface area contributed by atoms with Crippen LogP contribution in [0.5, 0.6) is 5.75 Å². The van der Waals surface area contributed by atoms with Gasteiger partial charge in [-0.2, -0.15) is 11.8 Å². The number of ether oxygens (including phenoxy) is 1. The molecule has 0 radical (unpaired) electrons. The molecule has 0 unspecified atom stereocenters. The molecule has 6 heteroatoms. The summed E-state index contributed by atoms with van der Waals surface area (Å²) in [6, 6.07) is 6.35. The zero-order valence-electron chi connectivity index (χ0n) is 15.0. The second kappa shape index (κ2) is 11.0. The van der Waals surface area contributed by atoms with Gasteiger partial charge in [-0.05, 0) is 50.6 Å². The zero-order valence-corrected chi connectivity index (χ0v) is 18.2. The Hall–Kier alpha value is -0.630. The molecule has 0 saturated heterocycles. The molecule has 0 saturated carbocycles. The van der Waals surface area contributed by atoms with Gasteiger partial charge in [0.15, 0.2) is 5.96 Å². The minimum Gasteiger partial charge on any atom is -0.496 e. The lowest BCUT2D eigenvalue weighted by molar-refractivity contribution is 0.411. The molecule has 0 aliphatic carbocycles. The minimum absolute atomic E-state index is 0. The van der Waals surface area contributed by atoms with E-state index in [9.17, 15) is 0 Å². The first-order chi connectivity index (χ1) is 10.4. The number of aliphatic imine (C=N–C) groups is 1. The predicted octanol–water partition coefficient (Wildman–Crippen LogP) is 3.47. The van der Waals surface area contributed by atoms with Crippen molar-refractivity contribution in [1.82, 2.24) is 10.6 Å². The highest BCUT2D eigenvalue weighted by molar-refractivity contribution is 14.0. The number of methoxy groups -OCH3 is 1. The van der Waals surface area contributed by atoms with Crippen molar-refractivity contribution < 1.29 is 4.74 Å². The normalized spacial score (nSPS) is 11.7. The number of hydrogen-bond acceptors (Lipinski definition) is 3. The van der Waals surface area contributed by atoms with Crippen LogP contribution in [-0.2, 0) is 6.42 Å². The van der Waals surface area contributed by atoms with E-state index in [0.29, 0.717) is 0 Å². The summed E-state index contributed by atoms with van der Waals surface area (Å²) < 4.78 is 5.56. The fourth-order valence-electron chi connectivity index (χ4n) is 1.93. The number of aryl methyl sites for hydroxylation is 1. The maximum atomic E-state index is 5.36. The standard InChI is InChI=1S/C17H29N3OS.HI/c1-13-7-8-14(11-15(13)21-5)9-10-19-16(18-4)20-12-17(2,3)22-6;/h7-8,11H,9-10,12H2,1-6H3,(H2,18,19,20);1H. The smallest absolute Gasteiger partial charge is 0.191 e. The maximum Gasteiger partial charge on any atom is 0.191 e. The van der Waals surface area contributed by atoms with Crippen molar-refractivity contribution in [2.24, 2.45) is 4.99 Å². The molecule has 1 aromatic carbocycles. The first kappa shape index (κ1) is 22.4. The lowest BCUT2D eigenvalue weighted by Gasteiger charge is -2.23. The van der Waals surface area contributed by atoms with E-state index >= 15 is 0 Å². The SMILES string of the molecule is CN=C(NCCc1ccc(C)c(OC)c1)NCC(C)(C)SC.I. The van der Waals surface area contributed by atoms with E-state index in [1.165, 1.54) is 5.56 Å². The highest BCUT2D eigenvalue weighted by Gasteiger charge is 2.15. The number of hydrogen-bond donors (Lipinski definition) is 2. The Labute approximate surface area is 162 Å². The Bertz CT molecular complexity index is 507. The third-order valence-electron chi connectivity index (χ3n) is 3.64. The fraction of sp³-hybridized carbons (Fsp3) is 0.588. The van der Waals surface area contributed by atoms with E-state index in [1.807, 2.05) is 11.8 Å². The van der Waals surface area contributed by atoms with Gasteiger partial charge < -0.3 is 15.4 Å². The number of rotatable bonds is 7. The Kier molecular flexibility index (Phi) is 10.7. The molecular weight excluding hydrogens is 421 g/mol. The van der Waals surface area contributed by atoms with Crippen LogP contribution in [0.25, 0.3) is 0 Å². The summed E-state index contributed by atoms with van der Waals surface area (Å²) in [6.45, 7) is 8.21. The maximum absolute atomic E-state index is 5.36. The van der Waals surface area contributed by atoms with Gasteiger partial charge in [0.1, 0.15) is 5.75 Å². The Balaban J connectivity index is 0.00000484. The van der Waals surface area contributed by atoms with Crippen LogP contribution in [0, 0.1) is 6.92 Å². The zero-order chi connectivity index (χ0) is 16.6. The Morgan fingerprint density at radius 1 is 1.30 bits per heavy atom. The number of nitrogens with zero attached hydrogens (tertiary/aromatic N) is 1. The molecule has 0 spiro atoms. The van der Waals surface area contributed by atoms with E-state index in [2.05, 4.69) is 60.9 Å². The molecule has 0 fully saturated rings. The lowest BCUT2D eigenvalue weighted by atomic mass is 10.1. The van der Waals surface area contributed by atoms with Crippen molar-refractivity contribution >= 4 is 41.7 Å². The van der Waals surface area contributed by atoms with E-state index in [0.717, 1.165) is 36.8 Å². The summed E-state index contributed by atoms with van der Waals surface area (Å²) in [4.78, 5) is 4.26. The van der Waals surface area contributed by atoms with Gasteiger partial charge in [-0.15, -0.1) is 24.0 Å². The highest BCUT2D eigenvalue weighted by atomic mass is 127. The summed E-state index contributed by atoms with van der Waals surface area (Å²) in [5.41, 5.74) is 2.42. The monoisotopic (exact) mass is 451 g/mol. The summed E-state index contributed by atoms with van der Waals surface area (Å²) in [5, 5.41) is 6.73. The molecule has 0 aromatic heterocycles. The number of thioether (sulfide) groups is 1. The predicted molar refractivity (Wildman–Crippen MR) is 114 cm³/mol. The molecular formula is C17H30IN3OS. The van der Waals surface area contributed by atoms with E-state index in [-0.39, 0.29) is 28.7 Å². The summed E-state index contributed by atoms with van der Waals surface area (Å²) in [6.07, 6.45) is 3.06. The van der Waals surface area contributed by atoms with Crippen molar-refractivity contribution in [3.63, 3.8) is 0 Å². The third-order valence-corrected chi connectivity index (χ3v) is 4.89. The number of guanidine groups is 1. The van der Waals surface area contributed by atoms with E-state index in [4.69, 9.17) is 4.74 Å². The summed E-state index contributed by atoms with van der Waals surface area (Å²) in [7, 11) is 3.51. The van der Waals surface area contributed by atoms with Crippen LogP contribution < -0.4 is 15.4 Å². The van der Waals surface area contributed by atoms with Crippen molar-refractivity contribution in [1.29, 1.82) is 0 Å². The molecule has 0 heterocycles. The second-order valence-electron chi connectivity index (χ2n) is 5.87. The van der Waals surface area contributed by atoms with Crippen molar-refractivity contribution in [3.05, 3.63) is 29.3 Å². The summed E-state index contributed by atoms with van der Waals surface area (Å²) in [5.74, 6) is 1.79. The molecule has 23 heavy (non-hydrogen) atoms. The molecule has 132 valence electrons. The first-order valence-electron chi connectivity index (χ1n) is 7.55. The molecule has 4 nitrogen and oxygen atoms in total. The van der Waals surface area contributed by atoms with Gasteiger partial charge in [-0.3, -0.25) is 4.99 Å². The summed E-state index contributed by atoms with van der Waals surface area (Å²) >= 11 is 1.85. The molecule has 2 N–H and O–H groups in total. The largest absolute Gasteiger partial charge is 0.496 e. The van der Waals surface area contributed by atoms with Crippen LogP contribution in [0.15, 0.2) is 23.2 Å². The van der Waals surface area contributed by atoms with Crippen LogP contribution in [0.1, 0.15) is 25.0 Å². The molecule has 0 aliphatic rings. The van der Waals surface area contributed by atoms with Crippen molar-refractivity contribution in [3.8, 4) is 5.75 Å². The Morgan fingerprint density at radius 2 is 2.00 bits per heavy atom. The van der Waals surface area contributed by atoms with E-state index < -0.39 is 0 Å². The molecule has 0 amide bonds. The van der Waals surface area contributed by atoms with Gasteiger partial charge in [0.2, 0.25) is 0 Å². The number of halogens is 1. The Morgan fingerprint density at radius 3 is 2.57 bits per heavy atom. The van der Waals surface area contributed by atoms with Crippen LogP contribution in [0.2, 0.25) is 0 Å². The van der Waals surface area contributed by atoms with E-state index in [1.54, 1.807) is 14.2 Å². The number of benzene rings is 1. The average molecular weight is 451 g/mol. The molecule has 1 rings (SSSR count). The van der Waals surface area contributed by atoms with Gasteiger partial charge in [0.05, 0.1) is 7.11 Å². The lowest BCUT2D eigenvalue weighted by Crippen LogP contribution is -2.43. The van der Waals surface area contributed by atoms with Crippen LogP contribution in [0.3, 0.4) is 0 Å². The van der Waals surface area contributed by atoms with Crippen LogP contribution >= 0.6 is 35.7 Å². The molecule has 0 atom stereocenters. The van der Waals surface area contributed by atoms with Crippen molar-refractivity contribution in [2.45, 2.75) is 31.9 Å². The van der Waals surface area contributed by atoms with Crippen LogP contribution in [0.4, 0.5) is 0 Å². The van der Waals surface area contributed by atoms with Gasteiger partial charge in [-0.25, -0.2) is 0 Å². The van der Waals surface area contributed by atoms with Crippen molar-refractivity contribution in [2.75, 3.05) is 33.5 Å². The quantitative estimate of drug-likeness (QED) is 0.379.